The normalized spacial score (nSPS) is 11.9. The largest absolute Gasteiger partial charge is 0.496 e. The third kappa shape index (κ3) is 5.90. The number of nitrogens with one attached hydrogen (secondary N) is 1. The van der Waals surface area contributed by atoms with E-state index in [1.807, 2.05) is 30.3 Å². The highest BCUT2D eigenvalue weighted by molar-refractivity contribution is 6.76. The lowest BCUT2D eigenvalue weighted by Gasteiger charge is -2.15. The maximum Gasteiger partial charge on any atom is 0.140 e. The summed E-state index contributed by atoms with van der Waals surface area (Å²) in [5, 5.41) is 8.66. The van der Waals surface area contributed by atoms with Gasteiger partial charge in [0, 0.05) is 39.8 Å². The van der Waals surface area contributed by atoms with E-state index >= 15 is 0 Å². The topological polar surface area (TPSA) is 48.3 Å². The summed E-state index contributed by atoms with van der Waals surface area (Å²) in [5.74, 6) is 0.627. The lowest BCUT2D eigenvalue weighted by Crippen LogP contribution is -2.22. The molecule has 2 aromatic carbocycles. The fourth-order valence-corrected chi connectivity index (χ4v) is 4.10. The van der Waals surface area contributed by atoms with E-state index in [2.05, 4.69) is 30.1 Å². The minimum absolute atomic E-state index is 0.236. The molecule has 3 rings (SSSR count). The first kappa shape index (κ1) is 22.5. The second-order valence-corrected chi connectivity index (χ2v) is 14.3. The summed E-state index contributed by atoms with van der Waals surface area (Å²) in [6.07, 6.45) is 0.633. The quantitative estimate of drug-likeness (QED) is 0.350. The number of methoxy groups -OCH3 is 1. The number of benzene rings is 2. The van der Waals surface area contributed by atoms with Gasteiger partial charge >= 0.3 is 0 Å². The van der Waals surface area contributed by atoms with E-state index in [0.29, 0.717) is 38.2 Å². The number of para-hydroxylation sites is 1. The maximum atomic E-state index is 14.6. The van der Waals surface area contributed by atoms with E-state index in [9.17, 15) is 4.39 Å². The molecule has 0 atom stereocenters. The summed E-state index contributed by atoms with van der Waals surface area (Å²) < 4.78 is 27.6. The molecule has 0 bridgehead atoms. The highest BCUT2D eigenvalue weighted by atomic mass is 28.3. The van der Waals surface area contributed by atoms with Crippen molar-refractivity contribution in [3.05, 3.63) is 59.5 Å². The van der Waals surface area contributed by atoms with Gasteiger partial charge in [-0.1, -0.05) is 43.9 Å². The van der Waals surface area contributed by atoms with E-state index in [0.717, 1.165) is 28.6 Å². The van der Waals surface area contributed by atoms with Gasteiger partial charge in [0.15, 0.2) is 0 Å². The molecular weight excluding hydrogens is 397 g/mol. The number of aromatic nitrogens is 2. The number of fused-ring (bicyclic) bond motifs is 1. The van der Waals surface area contributed by atoms with Gasteiger partial charge in [0.25, 0.3) is 0 Å². The Hall–Kier alpha value is -2.22. The van der Waals surface area contributed by atoms with Crippen LogP contribution in [0.15, 0.2) is 42.5 Å². The Morgan fingerprint density at radius 3 is 2.67 bits per heavy atom. The smallest absolute Gasteiger partial charge is 0.140 e. The van der Waals surface area contributed by atoms with Crippen LogP contribution >= 0.6 is 0 Å². The molecule has 1 heterocycles. The molecular formula is C23H32FN3O2Si. The van der Waals surface area contributed by atoms with Crippen molar-refractivity contribution in [3.8, 4) is 5.75 Å². The standard InChI is InChI=1S/C23H32FN3O2Si/c1-28-22-11-6-5-8-18(22)16-25-13-12-20-23-19(24)9-7-10-21(23)27(26-20)17-29-14-15-30(2,3)4/h5-11,25H,12-17H2,1-4H3. The minimum Gasteiger partial charge on any atom is -0.496 e. The summed E-state index contributed by atoms with van der Waals surface area (Å²) in [6.45, 7) is 9.41. The molecule has 0 unspecified atom stereocenters. The average Bonchev–Trinajstić information content (AvgIpc) is 3.07. The van der Waals surface area contributed by atoms with Crippen LogP contribution in [-0.2, 0) is 24.4 Å². The van der Waals surface area contributed by atoms with Crippen LogP contribution in [0.4, 0.5) is 4.39 Å². The molecule has 0 saturated carbocycles. The number of hydrogen-bond acceptors (Lipinski definition) is 4. The zero-order valence-electron chi connectivity index (χ0n) is 18.4. The van der Waals surface area contributed by atoms with Crippen LogP contribution < -0.4 is 10.1 Å². The van der Waals surface area contributed by atoms with Crippen molar-refractivity contribution in [3.63, 3.8) is 0 Å². The molecule has 162 valence electrons. The van der Waals surface area contributed by atoms with E-state index < -0.39 is 8.07 Å². The molecule has 30 heavy (non-hydrogen) atoms. The van der Waals surface area contributed by atoms with Crippen LogP contribution in [0.2, 0.25) is 25.7 Å². The van der Waals surface area contributed by atoms with Crippen LogP contribution in [-0.4, -0.2) is 38.1 Å². The van der Waals surface area contributed by atoms with Gasteiger partial charge in [-0.3, -0.25) is 0 Å². The Kier molecular flexibility index (Phi) is 7.63. The van der Waals surface area contributed by atoms with Crippen molar-refractivity contribution in [1.29, 1.82) is 0 Å². The molecule has 0 radical (unpaired) electrons. The number of hydrogen-bond donors (Lipinski definition) is 1. The third-order valence-electron chi connectivity index (χ3n) is 5.06. The Morgan fingerprint density at radius 2 is 1.90 bits per heavy atom. The molecule has 0 aliphatic heterocycles. The summed E-state index contributed by atoms with van der Waals surface area (Å²) in [7, 11) is 0.531. The Labute approximate surface area is 179 Å². The van der Waals surface area contributed by atoms with Gasteiger partial charge in [-0.15, -0.1) is 0 Å². The van der Waals surface area contributed by atoms with Crippen molar-refractivity contribution in [2.24, 2.45) is 0 Å². The highest BCUT2D eigenvalue weighted by Crippen LogP contribution is 2.23. The summed E-state index contributed by atoms with van der Waals surface area (Å²) in [5.41, 5.74) is 2.63. The van der Waals surface area contributed by atoms with E-state index in [1.165, 1.54) is 6.07 Å². The minimum atomic E-state index is -1.14. The molecule has 1 N–H and O–H groups in total. The molecule has 0 amide bonds. The van der Waals surface area contributed by atoms with Gasteiger partial charge in [-0.05, 0) is 24.2 Å². The van der Waals surface area contributed by atoms with Crippen molar-refractivity contribution in [2.75, 3.05) is 20.3 Å². The SMILES string of the molecule is COc1ccccc1CNCCc1nn(COCC[Si](C)(C)C)c2cccc(F)c12. The summed E-state index contributed by atoms with van der Waals surface area (Å²) >= 11 is 0. The van der Waals surface area contributed by atoms with Gasteiger partial charge in [-0.25, -0.2) is 9.07 Å². The van der Waals surface area contributed by atoms with E-state index in [-0.39, 0.29) is 5.82 Å². The number of rotatable bonds is 11. The molecule has 0 spiro atoms. The molecule has 7 heteroatoms. The lowest BCUT2D eigenvalue weighted by molar-refractivity contribution is 0.0814. The van der Waals surface area contributed by atoms with Crippen molar-refractivity contribution in [1.82, 2.24) is 15.1 Å². The van der Waals surface area contributed by atoms with Crippen LogP contribution in [0.5, 0.6) is 5.75 Å². The molecule has 0 saturated heterocycles. The Morgan fingerprint density at radius 1 is 1.10 bits per heavy atom. The second kappa shape index (κ2) is 10.2. The molecule has 1 aromatic heterocycles. The molecule has 5 nitrogen and oxygen atoms in total. The maximum absolute atomic E-state index is 14.6. The fraction of sp³-hybridized carbons (Fsp3) is 0.435. The van der Waals surface area contributed by atoms with Crippen LogP contribution in [0, 0.1) is 5.82 Å². The van der Waals surface area contributed by atoms with Crippen LogP contribution in [0.25, 0.3) is 10.9 Å². The van der Waals surface area contributed by atoms with Crippen LogP contribution in [0.3, 0.4) is 0 Å². The van der Waals surface area contributed by atoms with Crippen molar-refractivity contribution >= 4 is 19.0 Å². The Balaban J connectivity index is 1.63. The summed E-state index contributed by atoms with van der Waals surface area (Å²) in [4.78, 5) is 0. The van der Waals surface area contributed by atoms with Gasteiger partial charge in [0.05, 0.1) is 23.7 Å². The first-order valence-corrected chi connectivity index (χ1v) is 14.1. The zero-order valence-corrected chi connectivity index (χ0v) is 19.4. The van der Waals surface area contributed by atoms with Gasteiger partial charge in [0.1, 0.15) is 18.3 Å². The predicted octanol–water partition coefficient (Wildman–Crippen LogP) is 4.83. The average molecular weight is 430 g/mol. The van der Waals surface area contributed by atoms with Gasteiger partial charge < -0.3 is 14.8 Å². The number of ether oxygens (including phenoxy) is 2. The second-order valence-electron chi connectivity index (χ2n) is 8.67. The first-order valence-electron chi connectivity index (χ1n) is 10.4. The lowest BCUT2D eigenvalue weighted by atomic mass is 10.1. The van der Waals surface area contributed by atoms with Crippen molar-refractivity contribution < 1.29 is 13.9 Å². The number of nitrogens with zero attached hydrogens (tertiary/aromatic N) is 2. The summed E-state index contributed by atoms with van der Waals surface area (Å²) in [6, 6.07) is 14.1. The van der Waals surface area contributed by atoms with Gasteiger partial charge in [-0.2, -0.15) is 5.10 Å². The van der Waals surface area contributed by atoms with E-state index in [4.69, 9.17) is 9.47 Å². The predicted molar refractivity (Wildman–Crippen MR) is 122 cm³/mol. The monoisotopic (exact) mass is 429 g/mol. The molecule has 3 aromatic rings. The molecule has 0 aliphatic rings. The van der Waals surface area contributed by atoms with Gasteiger partial charge in [0.2, 0.25) is 0 Å². The number of halogens is 1. The highest BCUT2D eigenvalue weighted by Gasteiger charge is 2.16. The fourth-order valence-electron chi connectivity index (χ4n) is 3.34. The van der Waals surface area contributed by atoms with Crippen LogP contribution in [0.1, 0.15) is 11.3 Å². The van der Waals surface area contributed by atoms with E-state index in [1.54, 1.807) is 17.9 Å². The molecule has 0 aliphatic carbocycles. The Bertz CT molecular complexity index is 969. The zero-order chi connectivity index (χ0) is 21.6. The van der Waals surface area contributed by atoms with Crippen molar-refractivity contribution in [2.45, 2.75) is 45.4 Å². The molecule has 0 fully saturated rings. The first-order chi connectivity index (χ1) is 14.4. The third-order valence-corrected chi connectivity index (χ3v) is 6.76.